The molecule has 0 radical (unpaired) electrons. The summed E-state index contributed by atoms with van der Waals surface area (Å²) in [5.41, 5.74) is 4.93. The fourth-order valence-corrected chi connectivity index (χ4v) is 4.05. The number of hydrogen-bond donors (Lipinski definition) is 0. The maximum Gasteiger partial charge on any atom is 0.159 e. The van der Waals surface area contributed by atoms with Gasteiger partial charge in [-0.1, -0.05) is 0 Å². The van der Waals surface area contributed by atoms with E-state index in [1.165, 1.54) is 11.3 Å². The Hall–Kier alpha value is -2.12. The van der Waals surface area contributed by atoms with Gasteiger partial charge in [0.1, 0.15) is 5.69 Å². The van der Waals surface area contributed by atoms with Gasteiger partial charge in [-0.3, -0.25) is 9.88 Å². The van der Waals surface area contributed by atoms with E-state index in [0.717, 1.165) is 42.4 Å². The number of likely N-dealkylation sites (tertiary alicyclic amines) is 1. The van der Waals surface area contributed by atoms with Crippen molar-refractivity contribution < 1.29 is 0 Å². The van der Waals surface area contributed by atoms with Gasteiger partial charge in [0.2, 0.25) is 0 Å². The lowest BCUT2D eigenvalue weighted by Gasteiger charge is -2.23. The highest BCUT2D eigenvalue weighted by atomic mass is 32.1. The van der Waals surface area contributed by atoms with E-state index >= 15 is 0 Å². The molecule has 1 saturated heterocycles. The van der Waals surface area contributed by atoms with Crippen molar-refractivity contribution in [2.75, 3.05) is 6.54 Å². The van der Waals surface area contributed by atoms with E-state index in [0.29, 0.717) is 6.04 Å². The first-order valence-electron chi connectivity index (χ1n) is 8.15. The molecule has 4 rings (SSSR count). The van der Waals surface area contributed by atoms with E-state index in [2.05, 4.69) is 26.8 Å². The lowest BCUT2D eigenvalue weighted by molar-refractivity contribution is 0.245. The van der Waals surface area contributed by atoms with Crippen molar-refractivity contribution >= 4 is 11.3 Å². The van der Waals surface area contributed by atoms with Crippen molar-refractivity contribution in [1.82, 2.24) is 29.4 Å². The van der Waals surface area contributed by atoms with Gasteiger partial charge in [-0.25, -0.2) is 15.0 Å². The first kappa shape index (κ1) is 15.4. The summed E-state index contributed by atoms with van der Waals surface area (Å²) in [5.74, 6) is 0.845. The second-order valence-electron chi connectivity index (χ2n) is 6.18. The molecule has 3 aromatic rings. The molecule has 0 unspecified atom stereocenters. The van der Waals surface area contributed by atoms with Gasteiger partial charge >= 0.3 is 0 Å². The average molecular weight is 340 g/mol. The third kappa shape index (κ3) is 2.85. The van der Waals surface area contributed by atoms with Crippen molar-refractivity contribution in [2.24, 2.45) is 7.05 Å². The third-order valence-corrected chi connectivity index (χ3v) is 5.54. The molecule has 0 aliphatic carbocycles. The summed E-state index contributed by atoms with van der Waals surface area (Å²) in [4.78, 5) is 21.8. The maximum absolute atomic E-state index is 4.69. The molecule has 1 atom stereocenters. The molecule has 0 amide bonds. The second kappa shape index (κ2) is 6.41. The molecule has 7 heteroatoms. The molecule has 3 aromatic heterocycles. The fourth-order valence-electron chi connectivity index (χ4n) is 3.25. The molecule has 6 nitrogen and oxygen atoms in total. The van der Waals surface area contributed by atoms with E-state index in [1.54, 1.807) is 17.5 Å². The monoisotopic (exact) mass is 340 g/mol. The maximum atomic E-state index is 4.69. The van der Waals surface area contributed by atoms with Crippen LogP contribution in [0, 0.1) is 6.92 Å². The van der Waals surface area contributed by atoms with Crippen LogP contribution in [-0.4, -0.2) is 35.9 Å². The fraction of sp³-hybridized carbons (Fsp3) is 0.412. The zero-order valence-corrected chi connectivity index (χ0v) is 14.7. The summed E-state index contributed by atoms with van der Waals surface area (Å²) in [7, 11) is 1.97. The minimum atomic E-state index is 0.342. The van der Waals surface area contributed by atoms with Gasteiger partial charge in [0, 0.05) is 30.9 Å². The molecule has 0 bridgehead atoms. The lowest BCUT2D eigenvalue weighted by atomic mass is 10.1. The number of rotatable bonds is 4. The van der Waals surface area contributed by atoms with Crippen LogP contribution in [0.2, 0.25) is 0 Å². The van der Waals surface area contributed by atoms with Crippen LogP contribution in [0.5, 0.6) is 0 Å². The zero-order valence-electron chi connectivity index (χ0n) is 13.9. The summed E-state index contributed by atoms with van der Waals surface area (Å²) >= 11 is 1.74. The Morgan fingerprint density at radius 2 is 2.12 bits per heavy atom. The van der Waals surface area contributed by atoms with Gasteiger partial charge in [-0.2, -0.15) is 0 Å². The summed E-state index contributed by atoms with van der Waals surface area (Å²) in [6.07, 6.45) is 9.78. The summed E-state index contributed by atoms with van der Waals surface area (Å²) in [6, 6.07) is 0.342. The van der Waals surface area contributed by atoms with Gasteiger partial charge in [0.15, 0.2) is 5.82 Å². The summed E-state index contributed by atoms with van der Waals surface area (Å²) < 4.78 is 1.96. The molecule has 24 heavy (non-hydrogen) atoms. The molecular formula is C17H20N6S. The number of nitrogens with zero attached hydrogens (tertiary/aromatic N) is 6. The van der Waals surface area contributed by atoms with E-state index in [4.69, 9.17) is 4.98 Å². The Morgan fingerprint density at radius 1 is 1.21 bits per heavy atom. The van der Waals surface area contributed by atoms with Crippen LogP contribution >= 0.6 is 11.3 Å². The van der Waals surface area contributed by atoms with Crippen LogP contribution in [0.1, 0.15) is 35.1 Å². The van der Waals surface area contributed by atoms with Crippen molar-refractivity contribution in [3.8, 4) is 11.5 Å². The molecule has 1 fully saturated rings. The highest BCUT2D eigenvalue weighted by Crippen LogP contribution is 2.33. The Morgan fingerprint density at radius 3 is 2.79 bits per heavy atom. The quantitative estimate of drug-likeness (QED) is 0.731. The molecule has 4 heterocycles. The van der Waals surface area contributed by atoms with E-state index in [1.807, 2.05) is 35.7 Å². The minimum Gasteiger partial charge on any atom is -0.333 e. The second-order valence-corrected chi connectivity index (χ2v) is 7.12. The van der Waals surface area contributed by atoms with Crippen LogP contribution in [-0.2, 0) is 13.6 Å². The molecule has 0 N–H and O–H groups in total. The number of imidazole rings is 1. The molecule has 0 spiro atoms. The van der Waals surface area contributed by atoms with Crippen LogP contribution in [0.3, 0.4) is 0 Å². The van der Waals surface area contributed by atoms with Gasteiger partial charge in [0.25, 0.3) is 0 Å². The van der Waals surface area contributed by atoms with Crippen LogP contribution in [0.15, 0.2) is 30.3 Å². The van der Waals surface area contributed by atoms with Crippen LogP contribution < -0.4 is 0 Å². The van der Waals surface area contributed by atoms with Gasteiger partial charge < -0.3 is 4.57 Å². The highest BCUT2D eigenvalue weighted by Gasteiger charge is 2.28. The number of thiazole rings is 1. The van der Waals surface area contributed by atoms with E-state index in [-0.39, 0.29) is 0 Å². The number of aromatic nitrogens is 5. The summed E-state index contributed by atoms with van der Waals surface area (Å²) in [5, 5.41) is 0. The van der Waals surface area contributed by atoms with Gasteiger partial charge in [0.05, 0.1) is 35.3 Å². The predicted molar refractivity (Wildman–Crippen MR) is 93.5 cm³/mol. The zero-order chi connectivity index (χ0) is 16.5. The topological polar surface area (TPSA) is 59.7 Å². The average Bonchev–Trinajstić information content (AvgIpc) is 3.31. The van der Waals surface area contributed by atoms with Crippen molar-refractivity contribution in [1.29, 1.82) is 0 Å². The van der Waals surface area contributed by atoms with Gasteiger partial charge in [-0.05, 0) is 26.3 Å². The van der Waals surface area contributed by atoms with Crippen molar-refractivity contribution in [3.63, 3.8) is 0 Å². The molecule has 1 aliphatic heterocycles. The molecule has 124 valence electrons. The SMILES string of the molecule is Cc1ncsc1CN1CCC[C@@H]1c1cnc(-c2nccn2C)cn1. The van der Waals surface area contributed by atoms with Crippen molar-refractivity contribution in [2.45, 2.75) is 32.4 Å². The highest BCUT2D eigenvalue weighted by molar-refractivity contribution is 7.09. The first-order chi connectivity index (χ1) is 11.7. The van der Waals surface area contributed by atoms with E-state index < -0.39 is 0 Å². The molecular weight excluding hydrogens is 320 g/mol. The van der Waals surface area contributed by atoms with Crippen LogP contribution in [0.25, 0.3) is 11.5 Å². The first-order valence-corrected chi connectivity index (χ1v) is 9.03. The standard InChI is InChI=1S/C17H20N6S/c1-12-16(24-11-21-12)10-23-6-3-4-15(23)13-8-20-14(9-19-13)17-18-5-7-22(17)2/h5,7-9,11,15H,3-4,6,10H2,1-2H3/t15-/m1/s1. The summed E-state index contributed by atoms with van der Waals surface area (Å²) in [6.45, 7) is 4.13. The Labute approximate surface area is 145 Å². The minimum absolute atomic E-state index is 0.342. The number of hydrogen-bond acceptors (Lipinski definition) is 6. The Kier molecular flexibility index (Phi) is 4.12. The Balaban J connectivity index is 1.54. The molecule has 1 aliphatic rings. The largest absolute Gasteiger partial charge is 0.333 e. The van der Waals surface area contributed by atoms with Crippen molar-refractivity contribution in [3.05, 3.63) is 46.6 Å². The van der Waals surface area contributed by atoms with E-state index in [9.17, 15) is 0 Å². The molecule has 0 aromatic carbocycles. The van der Waals surface area contributed by atoms with Gasteiger partial charge in [-0.15, -0.1) is 11.3 Å². The predicted octanol–water partition coefficient (Wildman–Crippen LogP) is 2.98. The Bertz CT molecular complexity index is 822. The normalized spacial score (nSPS) is 18.3. The third-order valence-electron chi connectivity index (χ3n) is 4.62. The lowest BCUT2D eigenvalue weighted by Crippen LogP contribution is -2.23. The smallest absolute Gasteiger partial charge is 0.159 e. The van der Waals surface area contributed by atoms with Crippen LogP contribution in [0.4, 0.5) is 0 Å². The molecule has 0 saturated carbocycles. The number of aryl methyl sites for hydroxylation is 2.